The molecule has 16 heavy (non-hydrogen) atoms. The fourth-order valence-corrected chi connectivity index (χ4v) is 2.35. The van der Waals surface area contributed by atoms with Gasteiger partial charge in [-0.2, -0.15) is 0 Å². The van der Waals surface area contributed by atoms with E-state index in [1.54, 1.807) is 0 Å². The summed E-state index contributed by atoms with van der Waals surface area (Å²) in [6.45, 7) is 4.18. The molecule has 1 heterocycles. The Bertz CT molecular complexity index is 528. The lowest BCUT2D eigenvalue weighted by molar-refractivity contribution is 0.219. The Hall–Kier alpha value is -0.990. The van der Waals surface area contributed by atoms with Crippen molar-refractivity contribution < 1.29 is 5.11 Å². The average molecular weight is 238 g/mol. The number of aliphatic hydroxyl groups is 1. The molecule has 0 spiro atoms. The van der Waals surface area contributed by atoms with Crippen molar-refractivity contribution in [3.8, 4) is 0 Å². The van der Waals surface area contributed by atoms with Crippen molar-refractivity contribution in [1.29, 1.82) is 0 Å². The standard InChI is InChI=1S/C13H16ClNO/c1-13(2,8-16)10-6-4-5-9-11(14)7-15(3)12(9)10/h4-7,16H,8H2,1-3H3. The lowest BCUT2D eigenvalue weighted by Crippen LogP contribution is -2.22. The molecule has 0 bridgehead atoms. The highest BCUT2D eigenvalue weighted by atomic mass is 35.5. The van der Waals surface area contributed by atoms with E-state index in [2.05, 4.69) is 6.07 Å². The molecule has 1 aromatic heterocycles. The lowest BCUT2D eigenvalue weighted by Gasteiger charge is -2.23. The highest BCUT2D eigenvalue weighted by molar-refractivity contribution is 6.35. The predicted molar refractivity (Wildman–Crippen MR) is 68.0 cm³/mol. The van der Waals surface area contributed by atoms with Crippen LogP contribution >= 0.6 is 11.6 Å². The molecule has 2 rings (SSSR count). The molecule has 2 nitrogen and oxygen atoms in total. The Kier molecular flexibility index (Phi) is 2.72. The molecule has 0 fully saturated rings. The summed E-state index contributed by atoms with van der Waals surface area (Å²) in [5.41, 5.74) is 1.98. The maximum absolute atomic E-state index is 9.46. The number of aliphatic hydroxyl groups excluding tert-OH is 1. The molecule has 0 amide bonds. The monoisotopic (exact) mass is 237 g/mol. The molecule has 86 valence electrons. The first-order valence-electron chi connectivity index (χ1n) is 5.32. The molecule has 0 unspecified atom stereocenters. The second-order valence-corrected chi connectivity index (χ2v) is 5.24. The summed E-state index contributed by atoms with van der Waals surface area (Å²) in [4.78, 5) is 0. The van der Waals surface area contributed by atoms with Crippen LogP contribution in [0, 0.1) is 0 Å². The molecular weight excluding hydrogens is 222 g/mol. The predicted octanol–water partition coefficient (Wildman–Crippen LogP) is 3.10. The maximum Gasteiger partial charge on any atom is 0.0661 e. The number of hydrogen-bond acceptors (Lipinski definition) is 1. The van der Waals surface area contributed by atoms with Crippen molar-refractivity contribution in [2.24, 2.45) is 7.05 Å². The van der Waals surface area contributed by atoms with Crippen LogP contribution in [-0.4, -0.2) is 16.3 Å². The van der Waals surface area contributed by atoms with Gasteiger partial charge in [0.2, 0.25) is 0 Å². The zero-order valence-corrected chi connectivity index (χ0v) is 10.5. The molecule has 1 N–H and O–H groups in total. The summed E-state index contributed by atoms with van der Waals surface area (Å²) in [5, 5.41) is 11.3. The zero-order chi connectivity index (χ0) is 11.9. The Balaban J connectivity index is 2.81. The minimum atomic E-state index is -0.255. The molecule has 3 heteroatoms. The summed E-state index contributed by atoms with van der Waals surface area (Å²) in [5.74, 6) is 0. The minimum absolute atomic E-state index is 0.120. The van der Waals surface area contributed by atoms with Gasteiger partial charge < -0.3 is 9.67 Å². The fraction of sp³-hybridized carbons (Fsp3) is 0.385. The molecule has 0 aliphatic carbocycles. The van der Waals surface area contributed by atoms with Crippen LogP contribution in [0.1, 0.15) is 19.4 Å². The summed E-state index contributed by atoms with van der Waals surface area (Å²) in [7, 11) is 1.98. The van der Waals surface area contributed by atoms with Crippen molar-refractivity contribution in [2.75, 3.05) is 6.61 Å². The van der Waals surface area contributed by atoms with Gasteiger partial charge in [0.05, 0.1) is 17.1 Å². The van der Waals surface area contributed by atoms with Crippen LogP contribution in [0.5, 0.6) is 0 Å². The largest absolute Gasteiger partial charge is 0.395 e. The van der Waals surface area contributed by atoms with E-state index < -0.39 is 0 Å². The number of halogens is 1. The third kappa shape index (κ3) is 1.62. The topological polar surface area (TPSA) is 25.2 Å². The normalized spacial score (nSPS) is 12.3. The Labute approximate surface area is 100 Å². The summed E-state index contributed by atoms with van der Waals surface area (Å²) >= 11 is 6.16. The number of fused-ring (bicyclic) bond motifs is 1. The van der Waals surface area contributed by atoms with E-state index in [1.807, 2.05) is 43.8 Å². The van der Waals surface area contributed by atoms with Crippen LogP contribution in [0.15, 0.2) is 24.4 Å². The van der Waals surface area contributed by atoms with Crippen molar-refractivity contribution in [3.63, 3.8) is 0 Å². The molecule has 0 atom stereocenters. The molecule has 0 radical (unpaired) electrons. The van der Waals surface area contributed by atoms with E-state index in [9.17, 15) is 5.11 Å². The average Bonchev–Trinajstić information content (AvgIpc) is 2.55. The molecule has 0 aliphatic rings. The zero-order valence-electron chi connectivity index (χ0n) is 9.79. The molecule has 0 saturated heterocycles. The van der Waals surface area contributed by atoms with Gasteiger partial charge in [0.15, 0.2) is 0 Å². The second kappa shape index (κ2) is 3.79. The number of aryl methyl sites for hydroxylation is 1. The van der Waals surface area contributed by atoms with Crippen LogP contribution in [0.3, 0.4) is 0 Å². The van der Waals surface area contributed by atoms with Crippen LogP contribution in [0.2, 0.25) is 5.02 Å². The number of hydrogen-bond donors (Lipinski definition) is 1. The van der Waals surface area contributed by atoms with Crippen molar-refractivity contribution in [3.05, 3.63) is 35.0 Å². The van der Waals surface area contributed by atoms with E-state index in [0.717, 1.165) is 21.5 Å². The Morgan fingerprint density at radius 3 is 2.69 bits per heavy atom. The third-order valence-electron chi connectivity index (χ3n) is 3.08. The lowest BCUT2D eigenvalue weighted by atomic mass is 9.84. The molecular formula is C13H16ClNO. The van der Waals surface area contributed by atoms with E-state index in [0.29, 0.717) is 0 Å². The van der Waals surface area contributed by atoms with Gasteiger partial charge in [-0.3, -0.25) is 0 Å². The van der Waals surface area contributed by atoms with Crippen molar-refractivity contribution in [2.45, 2.75) is 19.3 Å². The van der Waals surface area contributed by atoms with Gasteiger partial charge in [-0.15, -0.1) is 0 Å². The van der Waals surface area contributed by atoms with E-state index in [4.69, 9.17) is 11.6 Å². The minimum Gasteiger partial charge on any atom is -0.395 e. The molecule has 2 aromatic rings. The van der Waals surface area contributed by atoms with Gasteiger partial charge in [0.1, 0.15) is 0 Å². The number of benzene rings is 1. The van der Waals surface area contributed by atoms with Crippen molar-refractivity contribution in [1.82, 2.24) is 4.57 Å². The van der Waals surface area contributed by atoms with Gasteiger partial charge in [0, 0.05) is 24.0 Å². The summed E-state index contributed by atoms with van der Waals surface area (Å²) in [6.07, 6.45) is 1.91. The van der Waals surface area contributed by atoms with Gasteiger partial charge >= 0.3 is 0 Å². The van der Waals surface area contributed by atoms with Gasteiger partial charge in [-0.05, 0) is 5.56 Å². The van der Waals surface area contributed by atoms with E-state index in [1.165, 1.54) is 0 Å². The number of rotatable bonds is 2. The molecule has 0 aliphatic heterocycles. The smallest absolute Gasteiger partial charge is 0.0661 e. The summed E-state index contributed by atoms with van der Waals surface area (Å²) < 4.78 is 2.02. The van der Waals surface area contributed by atoms with Gasteiger partial charge in [-0.1, -0.05) is 43.6 Å². The van der Waals surface area contributed by atoms with Crippen LogP contribution in [0.4, 0.5) is 0 Å². The highest BCUT2D eigenvalue weighted by Crippen LogP contribution is 2.33. The second-order valence-electron chi connectivity index (χ2n) is 4.83. The van der Waals surface area contributed by atoms with Crippen LogP contribution in [-0.2, 0) is 12.5 Å². The van der Waals surface area contributed by atoms with E-state index in [-0.39, 0.29) is 12.0 Å². The molecule has 1 aromatic carbocycles. The van der Waals surface area contributed by atoms with Crippen LogP contribution in [0.25, 0.3) is 10.9 Å². The Morgan fingerprint density at radius 1 is 1.38 bits per heavy atom. The highest BCUT2D eigenvalue weighted by Gasteiger charge is 2.23. The summed E-state index contributed by atoms with van der Waals surface area (Å²) in [6, 6.07) is 6.05. The number of nitrogens with zero attached hydrogens (tertiary/aromatic N) is 1. The first-order valence-corrected chi connectivity index (χ1v) is 5.70. The number of para-hydroxylation sites is 1. The first kappa shape index (κ1) is 11.5. The SMILES string of the molecule is Cn1cc(Cl)c2cccc(C(C)(C)CO)c21. The fourth-order valence-electron chi connectivity index (χ4n) is 2.05. The molecule has 0 saturated carbocycles. The number of aromatic nitrogens is 1. The van der Waals surface area contributed by atoms with Crippen molar-refractivity contribution >= 4 is 22.5 Å². The Morgan fingerprint density at radius 2 is 2.06 bits per heavy atom. The third-order valence-corrected chi connectivity index (χ3v) is 3.38. The van der Waals surface area contributed by atoms with Gasteiger partial charge in [0.25, 0.3) is 0 Å². The first-order chi connectivity index (χ1) is 7.47. The maximum atomic E-state index is 9.46. The van der Waals surface area contributed by atoms with Gasteiger partial charge in [-0.25, -0.2) is 0 Å². The van der Waals surface area contributed by atoms with Crippen LogP contribution < -0.4 is 0 Å². The quantitative estimate of drug-likeness (QED) is 0.853. The van der Waals surface area contributed by atoms with E-state index >= 15 is 0 Å².